The van der Waals surface area contributed by atoms with Crippen molar-refractivity contribution in [2.45, 2.75) is 44.0 Å². The van der Waals surface area contributed by atoms with E-state index < -0.39 is 0 Å². The highest BCUT2D eigenvalue weighted by Crippen LogP contribution is 2.22. The maximum absolute atomic E-state index is 9.29. The van der Waals surface area contributed by atoms with Crippen molar-refractivity contribution in [3.05, 3.63) is 35.9 Å². The Balaban J connectivity index is 1.44. The maximum Gasteiger partial charge on any atom is 0.0570 e. The minimum Gasteiger partial charge on any atom is -0.393 e. The SMILES string of the molecule is O[C@H]1C[C@@H](NC2CCN(Cc3ccccc3)C2)C1. The summed E-state index contributed by atoms with van der Waals surface area (Å²) in [4.78, 5) is 2.52. The van der Waals surface area contributed by atoms with Gasteiger partial charge in [-0.05, 0) is 24.8 Å². The molecule has 3 heteroatoms. The number of rotatable bonds is 4. The molecular weight excluding hydrogens is 224 g/mol. The van der Waals surface area contributed by atoms with Gasteiger partial charge in [0.25, 0.3) is 0 Å². The lowest BCUT2D eigenvalue weighted by Crippen LogP contribution is -2.49. The summed E-state index contributed by atoms with van der Waals surface area (Å²) in [5, 5.41) is 12.9. The molecule has 2 fully saturated rings. The number of hydrogen-bond acceptors (Lipinski definition) is 3. The van der Waals surface area contributed by atoms with Gasteiger partial charge in [-0.3, -0.25) is 4.90 Å². The molecule has 98 valence electrons. The molecule has 1 aliphatic carbocycles. The third-order valence-corrected chi connectivity index (χ3v) is 4.11. The number of hydrogen-bond donors (Lipinski definition) is 2. The van der Waals surface area contributed by atoms with Gasteiger partial charge < -0.3 is 10.4 Å². The van der Waals surface area contributed by atoms with E-state index in [-0.39, 0.29) is 6.10 Å². The van der Waals surface area contributed by atoms with Crippen molar-refractivity contribution in [3.63, 3.8) is 0 Å². The molecule has 2 N–H and O–H groups in total. The van der Waals surface area contributed by atoms with Gasteiger partial charge >= 0.3 is 0 Å². The Morgan fingerprint density at radius 3 is 2.67 bits per heavy atom. The summed E-state index contributed by atoms with van der Waals surface area (Å²) in [6, 6.07) is 11.9. The maximum atomic E-state index is 9.29. The molecule has 0 bridgehead atoms. The molecule has 1 unspecified atom stereocenters. The molecule has 1 aromatic carbocycles. The molecule has 2 aliphatic rings. The average Bonchev–Trinajstić information content (AvgIpc) is 2.76. The zero-order valence-electron chi connectivity index (χ0n) is 10.8. The zero-order chi connectivity index (χ0) is 12.4. The summed E-state index contributed by atoms with van der Waals surface area (Å²) in [5.74, 6) is 0. The lowest BCUT2D eigenvalue weighted by molar-refractivity contribution is 0.0580. The van der Waals surface area contributed by atoms with Crippen molar-refractivity contribution in [2.24, 2.45) is 0 Å². The van der Waals surface area contributed by atoms with Gasteiger partial charge in [-0.25, -0.2) is 0 Å². The largest absolute Gasteiger partial charge is 0.393 e. The first-order valence-electron chi connectivity index (χ1n) is 7.00. The normalized spacial score (nSPS) is 32.4. The van der Waals surface area contributed by atoms with Crippen molar-refractivity contribution in [2.75, 3.05) is 13.1 Å². The van der Waals surface area contributed by atoms with Gasteiger partial charge in [0.15, 0.2) is 0 Å². The molecule has 1 atom stereocenters. The highest BCUT2D eigenvalue weighted by atomic mass is 16.3. The monoisotopic (exact) mass is 246 g/mol. The van der Waals surface area contributed by atoms with Crippen LogP contribution in [0.3, 0.4) is 0 Å². The first-order valence-corrected chi connectivity index (χ1v) is 7.00. The third-order valence-electron chi connectivity index (χ3n) is 4.11. The van der Waals surface area contributed by atoms with Crippen LogP contribution in [0.4, 0.5) is 0 Å². The Labute approximate surface area is 109 Å². The number of aliphatic hydroxyl groups excluding tert-OH is 1. The van der Waals surface area contributed by atoms with Crippen LogP contribution in [-0.4, -0.2) is 41.3 Å². The van der Waals surface area contributed by atoms with Gasteiger partial charge in [0.05, 0.1) is 6.10 Å². The van der Waals surface area contributed by atoms with Gasteiger partial charge in [0, 0.05) is 31.7 Å². The van der Waals surface area contributed by atoms with Crippen LogP contribution in [0.1, 0.15) is 24.8 Å². The molecular formula is C15H22N2O. The standard InChI is InChI=1S/C15H22N2O/c18-15-8-14(9-15)16-13-6-7-17(11-13)10-12-4-2-1-3-5-12/h1-5,13-16,18H,6-11H2/t13?,14-,15+. The lowest BCUT2D eigenvalue weighted by Gasteiger charge is -2.34. The topological polar surface area (TPSA) is 35.5 Å². The third kappa shape index (κ3) is 2.91. The smallest absolute Gasteiger partial charge is 0.0570 e. The van der Waals surface area contributed by atoms with Gasteiger partial charge in [0.2, 0.25) is 0 Å². The number of aliphatic hydroxyl groups is 1. The predicted molar refractivity (Wildman–Crippen MR) is 72.3 cm³/mol. The average molecular weight is 246 g/mol. The molecule has 1 aliphatic heterocycles. The summed E-state index contributed by atoms with van der Waals surface area (Å²) >= 11 is 0. The summed E-state index contributed by atoms with van der Waals surface area (Å²) < 4.78 is 0. The first-order chi connectivity index (χ1) is 8.79. The van der Waals surface area contributed by atoms with E-state index in [0.717, 1.165) is 25.9 Å². The summed E-state index contributed by atoms with van der Waals surface area (Å²) in [6.07, 6.45) is 3.06. The van der Waals surface area contributed by atoms with E-state index in [1.165, 1.54) is 18.5 Å². The molecule has 1 saturated carbocycles. The van der Waals surface area contributed by atoms with Crippen LogP contribution in [0.2, 0.25) is 0 Å². The van der Waals surface area contributed by atoms with Crippen LogP contribution >= 0.6 is 0 Å². The molecule has 18 heavy (non-hydrogen) atoms. The predicted octanol–water partition coefficient (Wildman–Crippen LogP) is 1.37. The lowest BCUT2D eigenvalue weighted by atomic mass is 9.89. The molecule has 3 nitrogen and oxygen atoms in total. The number of benzene rings is 1. The Bertz CT molecular complexity index is 375. The van der Waals surface area contributed by atoms with Gasteiger partial charge in [0.1, 0.15) is 0 Å². The first kappa shape index (κ1) is 12.2. The Kier molecular flexibility index (Phi) is 3.64. The fourth-order valence-electron chi connectivity index (χ4n) is 3.01. The summed E-state index contributed by atoms with van der Waals surface area (Å²) in [7, 11) is 0. The van der Waals surface area contributed by atoms with Crippen LogP contribution < -0.4 is 5.32 Å². The van der Waals surface area contributed by atoms with Crippen LogP contribution in [0.5, 0.6) is 0 Å². The number of nitrogens with one attached hydrogen (secondary N) is 1. The van der Waals surface area contributed by atoms with E-state index in [1.54, 1.807) is 0 Å². The molecule has 0 spiro atoms. The highest BCUT2D eigenvalue weighted by Gasteiger charge is 2.31. The van der Waals surface area contributed by atoms with Crippen molar-refractivity contribution in [1.82, 2.24) is 10.2 Å². The molecule has 3 rings (SSSR count). The second kappa shape index (κ2) is 5.39. The van der Waals surface area contributed by atoms with Crippen molar-refractivity contribution < 1.29 is 5.11 Å². The van der Waals surface area contributed by atoms with Crippen molar-refractivity contribution >= 4 is 0 Å². The Morgan fingerprint density at radius 1 is 1.17 bits per heavy atom. The minimum atomic E-state index is -0.0516. The fourth-order valence-corrected chi connectivity index (χ4v) is 3.01. The Morgan fingerprint density at radius 2 is 1.94 bits per heavy atom. The molecule has 0 radical (unpaired) electrons. The van der Waals surface area contributed by atoms with Crippen molar-refractivity contribution in [1.29, 1.82) is 0 Å². The van der Waals surface area contributed by atoms with Crippen LogP contribution in [0.15, 0.2) is 30.3 Å². The van der Waals surface area contributed by atoms with E-state index in [1.807, 2.05) is 0 Å². The molecule has 1 saturated heterocycles. The van der Waals surface area contributed by atoms with Crippen LogP contribution in [0.25, 0.3) is 0 Å². The van der Waals surface area contributed by atoms with E-state index in [2.05, 4.69) is 40.5 Å². The quantitative estimate of drug-likeness (QED) is 0.842. The van der Waals surface area contributed by atoms with Gasteiger partial charge in [-0.1, -0.05) is 30.3 Å². The minimum absolute atomic E-state index is 0.0516. The molecule has 1 heterocycles. The second-order valence-electron chi connectivity index (χ2n) is 5.70. The molecule has 1 aromatic rings. The van der Waals surface area contributed by atoms with E-state index in [4.69, 9.17) is 0 Å². The highest BCUT2D eigenvalue weighted by molar-refractivity contribution is 5.14. The van der Waals surface area contributed by atoms with Crippen LogP contribution in [0, 0.1) is 0 Å². The number of nitrogens with zero attached hydrogens (tertiary/aromatic N) is 1. The van der Waals surface area contributed by atoms with Crippen molar-refractivity contribution in [3.8, 4) is 0 Å². The summed E-state index contributed by atoms with van der Waals surface area (Å²) in [5.41, 5.74) is 1.40. The second-order valence-corrected chi connectivity index (χ2v) is 5.70. The Hall–Kier alpha value is -0.900. The molecule has 0 aromatic heterocycles. The van der Waals surface area contributed by atoms with Crippen LogP contribution in [-0.2, 0) is 6.54 Å². The summed E-state index contributed by atoms with van der Waals surface area (Å²) in [6.45, 7) is 3.38. The molecule has 0 amide bonds. The van der Waals surface area contributed by atoms with E-state index in [9.17, 15) is 5.11 Å². The van der Waals surface area contributed by atoms with E-state index in [0.29, 0.717) is 12.1 Å². The van der Waals surface area contributed by atoms with E-state index >= 15 is 0 Å². The zero-order valence-corrected chi connectivity index (χ0v) is 10.8. The van der Waals surface area contributed by atoms with Gasteiger partial charge in [-0.15, -0.1) is 0 Å². The van der Waals surface area contributed by atoms with Gasteiger partial charge in [-0.2, -0.15) is 0 Å². The number of likely N-dealkylation sites (tertiary alicyclic amines) is 1. The fraction of sp³-hybridized carbons (Fsp3) is 0.600.